The fourth-order valence-corrected chi connectivity index (χ4v) is 3.96. The van der Waals surface area contributed by atoms with Crippen molar-refractivity contribution >= 4 is 38.8 Å². The summed E-state index contributed by atoms with van der Waals surface area (Å²) in [4.78, 5) is 9.56. The van der Waals surface area contributed by atoms with Gasteiger partial charge in [0.05, 0.1) is 11.9 Å². The molecule has 3 nitrogen and oxygen atoms in total. The van der Waals surface area contributed by atoms with E-state index >= 15 is 0 Å². The van der Waals surface area contributed by atoms with Crippen molar-refractivity contribution in [1.82, 2.24) is 4.98 Å². The second-order valence-corrected chi connectivity index (χ2v) is 7.26. The third-order valence-corrected chi connectivity index (χ3v) is 5.69. The van der Waals surface area contributed by atoms with Gasteiger partial charge in [0, 0.05) is 33.9 Å². The number of hydrogen-bond acceptors (Lipinski definition) is 4. The fourth-order valence-electron chi connectivity index (χ4n) is 2.42. The van der Waals surface area contributed by atoms with Crippen molar-refractivity contribution < 1.29 is 0 Å². The Labute approximate surface area is 132 Å². The summed E-state index contributed by atoms with van der Waals surface area (Å²) in [5.41, 5.74) is 1.08. The summed E-state index contributed by atoms with van der Waals surface area (Å²) in [5.74, 6) is 1.10. The average molecular weight is 352 g/mol. The number of aryl methyl sites for hydroxylation is 1. The minimum atomic E-state index is 0.849. The van der Waals surface area contributed by atoms with Crippen LogP contribution < -0.4 is 10.2 Å². The minimum absolute atomic E-state index is 0.849. The maximum absolute atomic E-state index is 4.55. The number of thiophene rings is 1. The number of rotatable bonds is 4. The molecule has 1 N–H and O–H groups in total. The first kappa shape index (κ1) is 13.9. The molecule has 5 heteroatoms. The third-order valence-electron chi connectivity index (χ3n) is 3.55. The van der Waals surface area contributed by atoms with Crippen molar-refractivity contribution in [1.29, 1.82) is 0 Å². The Balaban J connectivity index is 1.60. The zero-order chi connectivity index (χ0) is 13.9. The van der Waals surface area contributed by atoms with Gasteiger partial charge in [-0.3, -0.25) is 0 Å². The molecule has 0 radical (unpaired) electrons. The summed E-state index contributed by atoms with van der Waals surface area (Å²) in [6, 6.07) is 6.42. The summed E-state index contributed by atoms with van der Waals surface area (Å²) in [6.45, 7) is 5.26. The Hall–Kier alpha value is -1.07. The van der Waals surface area contributed by atoms with E-state index in [4.69, 9.17) is 0 Å². The van der Waals surface area contributed by atoms with E-state index < -0.39 is 0 Å². The van der Waals surface area contributed by atoms with Gasteiger partial charge in [-0.2, -0.15) is 0 Å². The third kappa shape index (κ3) is 3.15. The molecule has 3 rings (SSSR count). The first-order valence-corrected chi connectivity index (χ1v) is 8.53. The molecule has 1 aliphatic heterocycles. The highest BCUT2D eigenvalue weighted by Crippen LogP contribution is 2.27. The second-order valence-electron chi connectivity index (χ2n) is 5.07. The van der Waals surface area contributed by atoms with Crippen LogP contribution in [0.5, 0.6) is 0 Å². The highest BCUT2D eigenvalue weighted by atomic mass is 79.9. The normalized spacial score (nSPS) is 14.8. The molecule has 20 heavy (non-hydrogen) atoms. The SMILES string of the molecule is Cc1sc(CNc2ccc(N3CCCC3)nc2)cc1Br. The lowest BCUT2D eigenvalue weighted by molar-refractivity contribution is 0.937. The predicted molar refractivity (Wildman–Crippen MR) is 89.8 cm³/mol. The molecular weight excluding hydrogens is 334 g/mol. The van der Waals surface area contributed by atoms with Crippen LogP contribution in [0.4, 0.5) is 11.5 Å². The van der Waals surface area contributed by atoms with Crippen molar-refractivity contribution in [3.05, 3.63) is 38.6 Å². The van der Waals surface area contributed by atoms with E-state index in [1.54, 1.807) is 0 Å². The van der Waals surface area contributed by atoms with Crippen LogP contribution in [0.2, 0.25) is 0 Å². The largest absolute Gasteiger partial charge is 0.379 e. The van der Waals surface area contributed by atoms with Gasteiger partial charge in [-0.1, -0.05) is 0 Å². The Bertz CT molecular complexity index is 554. The first-order valence-electron chi connectivity index (χ1n) is 6.92. The first-order chi connectivity index (χ1) is 9.72. The molecule has 0 aromatic carbocycles. The molecule has 0 bridgehead atoms. The number of nitrogens with zero attached hydrogens (tertiary/aromatic N) is 2. The summed E-state index contributed by atoms with van der Waals surface area (Å²) < 4.78 is 1.20. The highest BCUT2D eigenvalue weighted by Gasteiger charge is 2.12. The van der Waals surface area contributed by atoms with Crippen molar-refractivity contribution in [2.24, 2.45) is 0 Å². The second kappa shape index (κ2) is 6.14. The number of anilines is 2. The summed E-state index contributed by atoms with van der Waals surface area (Å²) in [5, 5.41) is 3.43. The number of pyridine rings is 1. The molecular formula is C15H18BrN3S. The van der Waals surface area contributed by atoms with Gasteiger partial charge in [-0.05, 0) is 53.9 Å². The maximum Gasteiger partial charge on any atom is 0.128 e. The molecule has 0 saturated carbocycles. The summed E-state index contributed by atoms with van der Waals surface area (Å²) in [7, 11) is 0. The predicted octanol–water partition coefficient (Wildman–Crippen LogP) is 4.43. The van der Waals surface area contributed by atoms with E-state index in [1.807, 2.05) is 17.5 Å². The standard InChI is InChI=1S/C15H18BrN3S/c1-11-14(16)8-13(20-11)10-17-12-4-5-15(18-9-12)19-6-2-3-7-19/h4-5,8-9,17H,2-3,6-7,10H2,1H3. The lowest BCUT2D eigenvalue weighted by Crippen LogP contribution is -2.18. The zero-order valence-electron chi connectivity index (χ0n) is 11.5. The van der Waals surface area contributed by atoms with Crippen molar-refractivity contribution in [2.75, 3.05) is 23.3 Å². The lowest BCUT2D eigenvalue weighted by atomic mass is 10.3. The Morgan fingerprint density at radius 3 is 2.75 bits per heavy atom. The monoisotopic (exact) mass is 351 g/mol. The minimum Gasteiger partial charge on any atom is -0.379 e. The average Bonchev–Trinajstić information content (AvgIpc) is 3.08. The van der Waals surface area contributed by atoms with Gasteiger partial charge in [-0.25, -0.2) is 4.98 Å². The van der Waals surface area contributed by atoms with Gasteiger partial charge in [0.25, 0.3) is 0 Å². The van der Waals surface area contributed by atoms with Crippen molar-refractivity contribution in [2.45, 2.75) is 26.3 Å². The van der Waals surface area contributed by atoms with Gasteiger partial charge in [0.1, 0.15) is 5.82 Å². The molecule has 0 amide bonds. The maximum atomic E-state index is 4.55. The van der Waals surface area contributed by atoms with Crippen molar-refractivity contribution in [3.8, 4) is 0 Å². The zero-order valence-corrected chi connectivity index (χ0v) is 13.9. The lowest BCUT2D eigenvalue weighted by Gasteiger charge is -2.16. The molecule has 0 spiro atoms. The van der Waals surface area contributed by atoms with Crippen LogP contribution in [0.1, 0.15) is 22.6 Å². The molecule has 0 unspecified atom stereocenters. The van der Waals surface area contributed by atoms with Crippen LogP contribution in [0.25, 0.3) is 0 Å². The van der Waals surface area contributed by atoms with Gasteiger partial charge in [0.15, 0.2) is 0 Å². The van der Waals surface area contributed by atoms with Gasteiger partial charge in [0.2, 0.25) is 0 Å². The van der Waals surface area contributed by atoms with Gasteiger partial charge in [-0.15, -0.1) is 11.3 Å². The van der Waals surface area contributed by atoms with E-state index in [0.29, 0.717) is 0 Å². The quantitative estimate of drug-likeness (QED) is 0.883. The highest BCUT2D eigenvalue weighted by molar-refractivity contribution is 9.10. The summed E-state index contributed by atoms with van der Waals surface area (Å²) in [6.07, 6.45) is 4.51. The Morgan fingerprint density at radius 1 is 1.35 bits per heavy atom. The topological polar surface area (TPSA) is 28.2 Å². The summed E-state index contributed by atoms with van der Waals surface area (Å²) >= 11 is 5.37. The van der Waals surface area contributed by atoms with Crippen molar-refractivity contribution in [3.63, 3.8) is 0 Å². The molecule has 2 aromatic heterocycles. The molecule has 1 fully saturated rings. The van der Waals surface area contributed by atoms with E-state index in [-0.39, 0.29) is 0 Å². The number of hydrogen-bond donors (Lipinski definition) is 1. The van der Waals surface area contributed by atoms with E-state index in [1.165, 1.54) is 27.1 Å². The molecule has 1 saturated heterocycles. The number of halogens is 1. The van der Waals surface area contributed by atoms with Crippen LogP contribution in [0.3, 0.4) is 0 Å². The van der Waals surface area contributed by atoms with Gasteiger partial charge >= 0.3 is 0 Å². The molecule has 106 valence electrons. The molecule has 0 atom stereocenters. The van der Waals surface area contributed by atoms with E-state index in [9.17, 15) is 0 Å². The Kier molecular flexibility index (Phi) is 4.27. The van der Waals surface area contributed by atoms with Crippen LogP contribution >= 0.6 is 27.3 Å². The number of nitrogens with one attached hydrogen (secondary N) is 1. The molecule has 3 heterocycles. The van der Waals surface area contributed by atoms with E-state index in [0.717, 1.165) is 31.1 Å². The van der Waals surface area contributed by atoms with Crippen LogP contribution in [-0.2, 0) is 6.54 Å². The smallest absolute Gasteiger partial charge is 0.128 e. The fraction of sp³-hybridized carbons (Fsp3) is 0.400. The number of aromatic nitrogens is 1. The Morgan fingerprint density at radius 2 is 2.15 bits per heavy atom. The molecule has 0 aliphatic carbocycles. The molecule has 2 aromatic rings. The van der Waals surface area contributed by atoms with Crippen LogP contribution in [-0.4, -0.2) is 18.1 Å². The van der Waals surface area contributed by atoms with Crippen LogP contribution in [0.15, 0.2) is 28.9 Å². The van der Waals surface area contributed by atoms with Crippen LogP contribution in [0, 0.1) is 6.92 Å². The van der Waals surface area contributed by atoms with E-state index in [2.05, 4.69) is 56.3 Å². The van der Waals surface area contributed by atoms with Gasteiger partial charge < -0.3 is 10.2 Å². The molecule has 1 aliphatic rings.